The number of benzene rings is 1. The summed E-state index contributed by atoms with van der Waals surface area (Å²) in [6, 6.07) is 5.34. The molecule has 1 heterocycles. The number of non-ortho nitro benzene ring substituents is 1. The highest BCUT2D eigenvalue weighted by Gasteiger charge is 2.15. The van der Waals surface area contributed by atoms with E-state index >= 15 is 0 Å². The molecule has 7 nitrogen and oxygen atoms in total. The first kappa shape index (κ1) is 14.4. The fourth-order valence-electron chi connectivity index (χ4n) is 1.83. The maximum absolute atomic E-state index is 11.1. The van der Waals surface area contributed by atoms with Gasteiger partial charge in [0.15, 0.2) is 0 Å². The first-order chi connectivity index (χ1) is 10.0. The number of carbonyl (C=O) groups is 1. The number of carboxylic acids is 1. The average Bonchev–Trinajstić information content (AvgIpc) is 2.47. The van der Waals surface area contributed by atoms with E-state index in [0.717, 1.165) is 6.07 Å². The number of hydrogen-bond donors (Lipinski definition) is 1. The van der Waals surface area contributed by atoms with Gasteiger partial charge < -0.3 is 9.84 Å². The lowest BCUT2D eigenvalue weighted by molar-refractivity contribution is -0.384. The van der Waals surface area contributed by atoms with Gasteiger partial charge in [-0.2, -0.15) is 0 Å². The lowest BCUT2D eigenvalue weighted by Crippen LogP contribution is -1.99. The van der Waals surface area contributed by atoms with Gasteiger partial charge in [-0.25, -0.2) is 4.79 Å². The van der Waals surface area contributed by atoms with Gasteiger partial charge in [0.05, 0.1) is 23.3 Å². The van der Waals surface area contributed by atoms with E-state index in [1.54, 1.807) is 6.07 Å². The van der Waals surface area contributed by atoms with Gasteiger partial charge >= 0.3 is 5.97 Å². The number of pyridine rings is 1. The molecule has 7 heteroatoms. The highest BCUT2D eigenvalue weighted by molar-refractivity contribution is 5.90. The van der Waals surface area contributed by atoms with Crippen LogP contribution in [0.3, 0.4) is 0 Å². The molecule has 1 N–H and O–H groups in total. The van der Waals surface area contributed by atoms with E-state index in [4.69, 9.17) is 9.84 Å². The SMILES string of the molecule is CCOc1cncc(-c2cc(C(=O)O)cc([N+](=O)[O-])c2)c1. The van der Waals surface area contributed by atoms with Gasteiger partial charge in [-0.3, -0.25) is 15.1 Å². The molecule has 0 amide bonds. The molecule has 2 aromatic rings. The number of hydrogen-bond acceptors (Lipinski definition) is 5. The van der Waals surface area contributed by atoms with Crippen LogP contribution in [0.1, 0.15) is 17.3 Å². The molecular formula is C14H12N2O5. The van der Waals surface area contributed by atoms with Crippen molar-refractivity contribution in [3.05, 3.63) is 52.3 Å². The Balaban J connectivity index is 2.54. The second-order valence-electron chi connectivity index (χ2n) is 4.17. The van der Waals surface area contributed by atoms with Crippen LogP contribution < -0.4 is 4.74 Å². The van der Waals surface area contributed by atoms with Gasteiger partial charge in [0.2, 0.25) is 0 Å². The monoisotopic (exact) mass is 288 g/mol. The molecule has 0 aliphatic rings. The summed E-state index contributed by atoms with van der Waals surface area (Å²) >= 11 is 0. The quantitative estimate of drug-likeness (QED) is 0.670. The Labute approximate surface area is 120 Å². The van der Waals surface area contributed by atoms with Crippen molar-refractivity contribution < 1.29 is 19.6 Å². The Hall–Kier alpha value is -2.96. The number of nitrogens with zero attached hydrogens (tertiary/aromatic N) is 2. The predicted octanol–water partition coefficient (Wildman–Crippen LogP) is 2.75. The van der Waals surface area contributed by atoms with E-state index < -0.39 is 10.9 Å². The number of aromatic nitrogens is 1. The van der Waals surface area contributed by atoms with Gasteiger partial charge in [-0.15, -0.1) is 0 Å². The highest BCUT2D eigenvalue weighted by Crippen LogP contribution is 2.27. The minimum absolute atomic E-state index is 0.152. The van der Waals surface area contributed by atoms with Crippen molar-refractivity contribution in [1.82, 2.24) is 4.98 Å². The van der Waals surface area contributed by atoms with Crippen molar-refractivity contribution in [2.45, 2.75) is 6.92 Å². The second-order valence-corrected chi connectivity index (χ2v) is 4.17. The summed E-state index contributed by atoms with van der Waals surface area (Å²) in [6.07, 6.45) is 3.01. The standard InChI is InChI=1S/C14H12N2O5/c1-2-21-13-6-11(7-15-8-13)9-3-10(14(17)18)5-12(4-9)16(19)20/h3-8H,2H2,1H3,(H,17,18). The molecule has 0 fully saturated rings. The normalized spacial score (nSPS) is 10.1. The van der Waals surface area contributed by atoms with Gasteiger partial charge in [0.25, 0.3) is 5.69 Å². The van der Waals surface area contributed by atoms with Gasteiger partial charge in [-0.1, -0.05) is 0 Å². The molecule has 0 saturated carbocycles. The number of aromatic carboxylic acids is 1. The van der Waals surface area contributed by atoms with Crippen LogP contribution in [-0.4, -0.2) is 27.6 Å². The zero-order valence-corrected chi connectivity index (χ0v) is 11.1. The third kappa shape index (κ3) is 3.33. The summed E-state index contributed by atoms with van der Waals surface area (Å²) in [6.45, 7) is 2.28. The van der Waals surface area contributed by atoms with Crippen molar-refractivity contribution >= 4 is 11.7 Å². The topological polar surface area (TPSA) is 103 Å². The molecule has 0 saturated heterocycles. The molecule has 0 radical (unpaired) electrons. The zero-order valence-electron chi connectivity index (χ0n) is 11.1. The van der Waals surface area contributed by atoms with Crippen LogP contribution in [0.15, 0.2) is 36.7 Å². The molecule has 1 aromatic heterocycles. The van der Waals surface area contributed by atoms with Crippen LogP contribution in [0, 0.1) is 10.1 Å². The molecule has 108 valence electrons. The summed E-state index contributed by atoms with van der Waals surface area (Å²) in [5, 5.41) is 19.9. The summed E-state index contributed by atoms with van der Waals surface area (Å²) in [7, 11) is 0. The number of nitro benzene ring substituents is 1. The first-order valence-corrected chi connectivity index (χ1v) is 6.12. The van der Waals surface area contributed by atoms with Crippen LogP contribution >= 0.6 is 0 Å². The fraction of sp³-hybridized carbons (Fsp3) is 0.143. The predicted molar refractivity (Wildman–Crippen MR) is 74.5 cm³/mol. The third-order valence-corrected chi connectivity index (χ3v) is 2.73. The Kier molecular flexibility index (Phi) is 4.13. The second kappa shape index (κ2) is 6.00. The maximum atomic E-state index is 11.1. The molecule has 21 heavy (non-hydrogen) atoms. The maximum Gasteiger partial charge on any atom is 0.335 e. The van der Waals surface area contributed by atoms with Crippen LogP contribution in [0.25, 0.3) is 11.1 Å². The molecule has 0 aliphatic heterocycles. The highest BCUT2D eigenvalue weighted by atomic mass is 16.6. The molecule has 0 atom stereocenters. The molecular weight excluding hydrogens is 276 g/mol. The van der Waals surface area contributed by atoms with Crippen molar-refractivity contribution in [3.63, 3.8) is 0 Å². The molecule has 1 aromatic carbocycles. The van der Waals surface area contributed by atoms with E-state index in [1.807, 2.05) is 6.92 Å². The van der Waals surface area contributed by atoms with Crippen LogP contribution in [0.2, 0.25) is 0 Å². The van der Waals surface area contributed by atoms with Gasteiger partial charge in [-0.05, 0) is 24.6 Å². The molecule has 2 rings (SSSR count). The zero-order chi connectivity index (χ0) is 15.4. The molecule has 0 spiro atoms. The molecule has 0 aliphatic carbocycles. The number of carboxylic acid groups (broad SMARTS) is 1. The summed E-state index contributed by atoms with van der Waals surface area (Å²) in [5.41, 5.74) is 0.510. The fourth-order valence-corrected chi connectivity index (χ4v) is 1.83. The molecule has 0 bridgehead atoms. The van der Waals surface area contributed by atoms with Crippen molar-refractivity contribution in [2.24, 2.45) is 0 Å². The van der Waals surface area contributed by atoms with Gasteiger partial charge in [0.1, 0.15) is 5.75 Å². The molecule has 0 unspecified atom stereocenters. The summed E-state index contributed by atoms with van der Waals surface area (Å²) in [4.78, 5) is 25.3. The lowest BCUT2D eigenvalue weighted by atomic mass is 10.0. The van der Waals surface area contributed by atoms with Crippen LogP contribution in [0.5, 0.6) is 5.75 Å². The van der Waals surface area contributed by atoms with E-state index in [1.165, 1.54) is 24.5 Å². The Morgan fingerprint density at radius 2 is 2.05 bits per heavy atom. The largest absolute Gasteiger partial charge is 0.492 e. The van der Waals surface area contributed by atoms with Crippen LogP contribution in [-0.2, 0) is 0 Å². The van der Waals surface area contributed by atoms with E-state index in [-0.39, 0.29) is 11.3 Å². The first-order valence-electron chi connectivity index (χ1n) is 6.12. The number of rotatable bonds is 5. The summed E-state index contributed by atoms with van der Waals surface area (Å²) in [5.74, 6) is -0.716. The minimum atomic E-state index is -1.23. The Bertz CT molecular complexity index is 667. The van der Waals surface area contributed by atoms with E-state index in [0.29, 0.717) is 23.5 Å². The van der Waals surface area contributed by atoms with Gasteiger partial charge in [0, 0.05) is 23.9 Å². The minimum Gasteiger partial charge on any atom is -0.492 e. The van der Waals surface area contributed by atoms with Crippen molar-refractivity contribution in [3.8, 4) is 16.9 Å². The Morgan fingerprint density at radius 3 is 2.67 bits per heavy atom. The van der Waals surface area contributed by atoms with Crippen LogP contribution in [0.4, 0.5) is 5.69 Å². The van der Waals surface area contributed by atoms with Crippen molar-refractivity contribution in [2.75, 3.05) is 6.61 Å². The van der Waals surface area contributed by atoms with E-state index in [2.05, 4.69) is 4.98 Å². The Morgan fingerprint density at radius 1 is 1.29 bits per heavy atom. The van der Waals surface area contributed by atoms with Crippen molar-refractivity contribution in [1.29, 1.82) is 0 Å². The summed E-state index contributed by atoms with van der Waals surface area (Å²) < 4.78 is 5.31. The lowest BCUT2D eigenvalue weighted by Gasteiger charge is -2.06. The number of ether oxygens (including phenoxy) is 1. The van der Waals surface area contributed by atoms with E-state index in [9.17, 15) is 14.9 Å². The smallest absolute Gasteiger partial charge is 0.335 e. The average molecular weight is 288 g/mol. The third-order valence-electron chi connectivity index (χ3n) is 2.73. The number of nitro groups is 1.